The van der Waals surface area contributed by atoms with Crippen LogP contribution in [0.5, 0.6) is 0 Å². The van der Waals surface area contributed by atoms with Crippen LogP contribution in [0.2, 0.25) is 0 Å². The first-order valence-corrected chi connectivity index (χ1v) is 7.11. The van der Waals surface area contributed by atoms with Gasteiger partial charge < -0.3 is 15.2 Å². The molecule has 0 spiro atoms. The number of carbonyl (C=O) groups excluding carboxylic acids is 1. The number of aryl methyl sites for hydroxylation is 1. The van der Waals surface area contributed by atoms with E-state index in [1.54, 1.807) is 6.07 Å². The Kier molecular flexibility index (Phi) is 4.32. The monoisotopic (exact) mass is 291 g/mol. The number of carboxylic acid groups (broad SMARTS) is 1. The molecule has 1 heterocycles. The highest BCUT2D eigenvalue weighted by Crippen LogP contribution is 2.33. The third-order valence-electron chi connectivity index (χ3n) is 4.29. The molecule has 5 nitrogen and oxygen atoms in total. The third-order valence-corrected chi connectivity index (χ3v) is 4.29. The van der Waals surface area contributed by atoms with Crippen molar-refractivity contribution in [2.24, 2.45) is 11.8 Å². The van der Waals surface area contributed by atoms with Crippen LogP contribution in [0.25, 0.3) is 0 Å². The van der Waals surface area contributed by atoms with Crippen LogP contribution in [0.4, 0.5) is 5.69 Å². The van der Waals surface area contributed by atoms with E-state index < -0.39 is 5.97 Å². The lowest BCUT2D eigenvalue weighted by Gasteiger charge is -2.19. The molecule has 0 radical (unpaired) electrons. The molecule has 2 rings (SSSR count). The molecular weight excluding hydrogens is 270 g/mol. The van der Waals surface area contributed by atoms with Crippen molar-refractivity contribution in [1.29, 1.82) is 0 Å². The van der Waals surface area contributed by atoms with Crippen LogP contribution < -0.4 is 5.32 Å². The number of benzene rings is 1. The fourth-order valence-corrected chi connectivity index (χ4v) is 2.82. The van der Waals surface area contributed by atoms with E-state index in [4.69, 9.17) is 9.84 Å². The van der Waals surface area contributed by atoms with Crippen molar-refractivity contribution in [3.63, 3.8) is 0 Å². The zero-order valence-corrected chi connectivity index (χ0v) is 12.7. The van der Waals surface area contributed by atoms with E-state index in [9.17, 15) is 9.59 Å². The van der Waals surface area contributed by atoms with E-state index in [1.807, 2.05) is 27.7 Å². The Balaban J connectivity index is 2.20. The second-order valence-electron chi connectivity index (χ2n) is 5.76. The lowest BCUT2D eigenvalue weighted by atomic mass is 9.88. The van der Waals surface area contributed by atoms with E-state index >= 15 is 0 Å². The van der Waals surface area contributed by atoms with Gasteiger partial charge in [-0.1, -0.05) is 13.0 Å². The topological polar surface area (TPSA) is 75.6 Å². The standard InChI is InChI=1S/C16H21NO4/c1-8-5-6-12(16(19)20)7-13(8)17-15(18)14-9(2)10(3)21-11(14)4/h5-7,9-11,14H,1-4H3,(H,17,18)(H,19,20). The van der Waals surface area contributed by atoms with Crippen LogP contribution in [0.1, 0.15) is 36.7 Å². The van der Waals surface area contributed by atoms with Gasteiger partial charge in [-0.05, 0) is 44.4 Å². The summed E-state index contributed by atoms with van der Waals surface area (Å²) in [6, 6.07) is 4.71. The molecule has 2 N–H and O–H groups in total. The van der Waals surface area contributed by atoms with Crippen LogP contribution in [-0.2, 0) is 9.53 Å². The molecule has 1 amide bonds. The number of carboxylic acids is 1. The summed E-state index contributed by atoms with van der Waals surface area (Å²) < 4.78 is 5.68. The Morgan fingerprint density at radius 3 is 2.38 bits per heavy atom. The van der Waals surface area contributed by atoms with Crippen LogP contribution in [0.3, 0.4) is 0 Å². The first kappa shape index (κ1) is 15.5. The molecule has 0 aliphatic carbocycles. The Morgan fingerprint density at radius 2 is 1.86 bits per heavy atom. The predicted molar refractivity (Wildman–Crippen MR) is 79.4 cm³/mol. The van der Waals surface area contributed by atoms with Gasteiger partial charge >= 0.3 is 5.97 Å². The molecule has 1 aliphatic heterocycles. The van der Waals surface area contributed by atoms with Gasteiger partial charge in [0.2, 0.25) is 5.91 Å². The Morgan fingerprint density at radius 1 is 1.19 bits per heavy atom. The zero-order valence-electron chi connectivity index (χ0n) is 12.7. The maximum absolute atomic E-state index is 12.5. The van der Waals surface area contributed by atoms with Gasteiger partial charge in [0.05, 0.1) is 23.7 Å². The molecule has 4 unspecified atom stereocenters. The molecule has 21 heavy (non-hydrogen) atoms. The minimum absolute atomic E-state index is 0.0437. The van der Waals surface area contributed by atoms with Crippen molar-refractivity contribution in [3.05, 3.63) is 29.3 Å². The Hall–Kier alpha value is -1.88. The van der Waals surface area contributed by atoms with Gasteiger partial charge in [0.1, 0.15) is 0 Å². The number of nitrogens with one attached hydrogen (secondary N) is 1. The lowest BCUT2D eigenvalue weighted by molar-refractivity contribution is -0.121. The smallest absolute Gasteiger partial charge is 0.335 e. The van der Waals surface area contributed by atoms with E-state index in [-0.39, 0.29) is 35.5 Å². The molecule has 1 aromatic rings. The maximum atomic E-state index is 12.5. The summed E-state index contributed by atoms with van der Waals surface area (Å²) in [5.41, 5.74) is 1.53. The van der Waals surface area contributed by atoms with Gasteiger partial charge in [0.25, 0.3) is 0 Å². The molecule has 114 valence electrons. The van der Waals surface area contributed by atoms with Crippen molar-refractivity contribution in [2.75, 3.05) is 5.32 Å². The summed E-state index contributed by atoms with van der Waals surface area (Å²) in [5, 5.41) is 11.9. The molecule has 4 atom stereocenters. The lowest BCUT2D eigenvalue weighted by Crippen LogP contribution is -2.32. The number of hydrogen-bond donors (Lipinski definition) is 2. The summed E-state index contributed by atoms with van der Waals surface area (Å²) in [7, 11) is 0. The first-order chi connectivity index (χ1) is 9.81. The van der Waals surface area contributed by atoms with Gasteiger partial charge in [0, 0.05) is 5.69 Å². The van der Waals surface area contributed by atoms with E-state index in [2.05, 4.69) is 5.32 Å². The van der Waals surface area contributed by atoms with Crippen LogP contribution in [0, 0.1) is 18.8 Å². The number of hydrogen-bond acceptors (Lipinski definition) is 3. The minimum atomic E-state index is -1.01. The van der Waals surface area contributed by atoms with Crippen LogP contribution in [0.15, 0.2) is 18.2 Å². The summed E-state index contributed by atoms with van der Waals surface area (Å²) in [5.74, 6) is -1.23. The maximum Gasteiger partial charge on any atom is 0.335 e. The fourth-order valence-electron chi connectivity index (χ4n) is 2.82. The Bertz CT molecular complexity index is 569. The second-order valence-corrected chi connectivity index (χ2v) is 5.76. The van der Waals surface area contributed by atoms with Crippen LogP contribution in [-0.4, -0.2) is 29.2 Å². The van der Waals surface area contributed by atoms with E-state index in [0.29, 0.717) is 5.69 Å². The fraction of sp³-hybridized carbons (Fsp3) is 0.500. The number of rotatable bonds is 3. The molecule has 1 aliphatic rings. The normalized spacial score (nSPS) is 28.4. The highest BCUT2D eigenvalue weighted by molar-refractivity contribution is 5.96. The highest BCUT2D eigenvalue weighted by Gasteiger charge is 2.41. The second kappa shape index (κ2) is 5.85. The van der Waals surface area contributed by atoms with Gasteiger partial charge in [0.15, 0.2) is 0 Å². The van der Waals surface area contributed by atoms with Crippen LogP contribution >= 0.6 is 0 Å². The molecule has 1 fully saturated rings. The largest absolute Gasteiger partial charge is 0.478 e. The molecule has 0 bridgehead atoms. The van der Waals surface area contributed by atoms with Crippen molar-refractivity contribution >= 4 is 17.6 Å². The van der Waals surface area contributed by atoms with Gasteiger partial charge in [-0.15, -0.1) is 0 Å². The summed E-state index contributed by atoms with van der Waals surface area (Å²) in [4.78, 5) is 23.5. The molecule has 5 heteroatoms. The summed E-state index contributed by atoms with van der Waals surface area (Å²) in [6.45, 7) is 7.69. The predicted octanol–water partition coefficient (Wildman–Crippen LogP) is 2.69. The summed E-state index contributed by atoms with van der Waals surface area (Å²) in [6.07, 6.45) is -0.0971. The van der Waals surface area contributed by atoms with Crippen molar-refractivity contribution in [1.82, 2.24) is 0 Å². The SMILES string of the molecule is Cc1ccc(C(=O)O)cc1NC(=O)C1C(C)OC(C)C1C. The average Bonchev–Trinajstić information content (AvgIpc) is 2.65. The van der Waals surface area contributed by atoms with Crippen molar-refractivity contribution < 1.29 is 19.4 Å². The van der Waals surface area contributed by atoms with Crippen molar-refractivity contribution in [2.45, 2.75) is 39.9 Å². The minimum Gasteiger partial charge on any atom is -0.478 e. The summed E-state index contributed by atoms with van der Waals surface area (Å²) >= 11 is 0. The first-order valence-electron chi connectivity index (χ1n) is 7.11. The Labute approximate surface area is 124 Å². The molecule has 0 saturated carbocycles. The van der Waals surface area contributed by atoms with Gasteiger partial charge in [-0.25, -0.2) is 4.79 Å². The number of aromatic carboxylic acids is 1. The average molecular weight is 291 g/mol. The number of ether oxygens (including phenoxy) is 1. The van der Waals surface area contributed by atoms with Gasteiger partial charge in [-0.3, -0.25) is 4.79 Å². The molecule has 1 saturated heterocycles. The van der Waals surface area contributed by atoms with Gasteiger partial charge in [-0.2, -0.15) is 0 Å². The van der Waals surface area contributed by atoms with Crippen molar-refractivity contribution in [3.8, 4) is 0 Å². The molecule has 1 aromatic carbocycles. The third kappa shape index (κ3) is 3.08. The number of carbonyl (C=O) groups is 2. The molecular formula is C16H21NO4. The van der Waals surface area contributed by atoms with E-state index in [0.717, 1.165) is 5.56 Å². The van der Waals surface area contributed by atoms with E-state index in [1.165, 1.54) is 12.1 Å². The highest BCUT2D eigenvalue weighted by atomic mass is 16.5. The number of anilines is 1. The number of amides is 1. The quantitative estimate of drug-likeness (QED) is 0.897. The molecule has 0 aromatic heterocycles. The zero-order chi connectivity index (χ0) is 15.7.